The van der Waals surface area contributed by atoms with Crippen molar-refractivity contribution in [2.75, 3.05) is 12.8 Å². The van der Waals surface area contributed by atoms with Crippen LogP contribution < -0.4 is 15.2 Å². The first kappa shape index (κ1) is 13.9. The minimum absolute atomic E-state index is 0.0671. The zero-order valence-electron chi connectivity index (χ0n) is 10.3. The van der Waals surface area contributed by atoms with E-state index < -0.39 is 11.9 Å². The molecule has 0 aliphatic heterocycles. The van der Waals surface area contributed by atoms with Gasteiger partial charge in [-0.1, -0.05) is 0 Å². The summed E-state index contributed by atoms with van der Waals surface area (Å²) in [6, 6.07) is 6.46. The van der Waals surface area contributed by atoms with Gasteiger partial charge in [0.25, 0.3) is 0 Å². The minimum atomic E-state index is -4.53. The maximum absolute atomic E-state index is 12.3. The summed E-state index contributed by atoms with van der Waals surface area (Å²) >= 11 is 0. The first-order valence-corrected chi connectivity index (χ1v) is 5.42. The number of hydrogen-bond donors (Lipinski definition) is 1. The number of nitrogen functional groups attached to an aromatic ring is 1. The van der Waals surface area contributed by atoms with Crippen molar-refractivity contribution in [3.63, 3.8) is 0 Å². The van der Waals surface area contributed by atoms with Gasteiger partial charge in [0.2, 0.25) is 5.88 Å². The topological polar surface area (TPSA) is 70.3 Å². The van der Waals surface area contributed by atoms with Gasteiger partial charge in [-0.15, -0.1) is 10.2 Å². The Morgan fingerprint density at radius 3 is 2.35 bits per heavy atom. The highest BCUT2D eigenvalue weighted by molar-refractivity contribution is 5.56. The number of alkyl halides is 3. The van der Waals surface area contributed by atoms with Gasteiger partial charge in [0.1, 0.15) is 11.5 Å². The molecular weight excluding hydrogens is 275 g/mol. The molecule has 1 heterocycles. The normalized spacial score (nSPS) is 11.2. The maximum Gasteiger partial charge on any atom is 0.435 e. The predicted octanol–water partition coefficient (Wildman–Crippen LogP) is 2.88. The van der Waals surface area contributed by atoms with Gasteiger partial charge < -0.3 is 15.2 Å². The molecular formula is C12H10F3N3O2. The molecule has 0 atom stereocenters. The molecule has 0 saturated carbocycles. The van der Waals surface area contributed by atoms with E-state index in [4.69, 9.17) is 15.2 Å². The number of benzene rings is 1. The van der Waals surface area contributed by atoms with Crippen molar-refractivity contribution in [3.8, 4) is 17.4 Å². The summed E-state index contributed by atoms with van der Waals surface area (Å²) in [5, 5.41) is 6.39. The number of halogens is 3. The molecule has 20 heavy (non-hydrogen) atoms. The maximum atomic E-state index is 12.3. The molecule has 5 nitrogen and oxygen atoms in total. The van der Waals surface area contributed by atoms with Crippen LogP contribution >= 0.6 is 0 Å². The Kier molecular flexibility index (Phi) is 3.64. The molecule has 8 heteroatoms. The molecule has 2 rings (SSSR count). The number of methoxy groups -OCH3 is 1. The number of ether oxygens (including phenoxy) is 2. The van der Waals surface area contributed by atoms with E-state index in [1.54, 1.807) is 12.1 Å². The van der Waals surface area contributed by atoms with Gasteiger partial charge in [-0.3, -0.25) is 0 Å². The van der Waals surface area contributed by atoms with E-state index in [2.05, 4.69) is 10.2 Å². The number of rotatable bonds is 3. The second kappa shape index (κ2) is 5.24. The van der Waals surface area contributed by atoms with Crippen LogP contribution in [-0.4, -0.2) is 17.3 Å². The number of hydrogen-bond acceptors (Lipinski definition) is 5. The van der Waals surface area contributed by atoms with Crippen LogP contribution in [0.2, 0.25) is 0 Å². The van der Waals surface area contributed by atoms with E-state index in [1.807, 2.05) is 0 Å². The first-order chi connectivity index (χ1) is 9.40. The Balaban J connectivity index is 2.16. The summed E-state index contributed by atoms with van der Waals surface area (Å²) in [4.78, 5) is 0. The van der Waals surface area contributed by atoms with Crippen molar-refractivity contribution >= 4 is 5.69 Å². The van der Waals surface area contributed by atoms with Crippen molar-refractivity contribution in [2.24, 2.45) is 0 Å². The lowest BCUT2D eigenvalue weighted by Gasteiger charge is -2.09. The molecule has 0 amide bonds. The average Bonchev–Trinajstić information content (AvgIpc) is 2.38. The lowest BCUT2D eigenvalue weighted by atomic mass is 10.3. The molecule has 0 bridgehead atoms. The fourth-order valence-electron chi connectivity index (χ4n) is 1.42. The Morgan fingerprint density at radius 1 is 1.10 bits per heavy atom. The standard InChI is InChI=1S/C12H10F3N3O2/c1-19-9-3-2-7(6-8(9)16)20-11-5-4-10(17-18-11)12(13,14)15/h2-6H,16H2,1H3. The molecule has 0 saturated heterocycles. The number of nitrogens with two attached hydrogens (primary N) is 1. The molecule has 0 unspecified atom stereocenters. The Labute approximate surface area is 112 Å². The van der Waals surface area contributed by atoms with Crippen LogP contribution in [0.25, 0.3) is 0 Å². The number of nitrogens with zero attached hydrogens (tertiary/aromatic N) is 2. The second-order valence-electron chi connectivity index (χ2n) is 3.76. The molecule has 0 aliphatic rings. The smallest absolute Gasteiger partial charge is 0.435 e. The zero-order chi connectivity index (χ0) is 14.8. The van der Waals surface area contributed by atoms with Gasteiger partial charge >= 0.3 is 6.18 Å². The summed E-state index contributed by atoms with van der Waals surface area (Å²) in [6.45, 7) is 0. The summed E-state index contributed by atoms with van der Waals surface area (Å²) < 4.78 is 47.1. The van der Waals surface area contributed by atoms with Crippen molar-refractivity contribution in [3.05, 3.63) is 36.0 Å². The van der Waals surface area contributed by atoms with Crippen LogP contribution in [0.4, 0.5) is 18.9 Å². The lowest BCUT2D eigenvalue weighted by molar-refractivity contribution is -0.141. The van der Waals surface area contributed by atoms with E-state index in [1.165, 1.54) is 13.2 Å². The molecule has 0 fully saturated rings. The molecule has 2 N–H and O–H groups in total. The third kappa shape index (κ3) is 3.08. The SMILES string of the molecule is COc1ccc(Oc2ccc(C(F)(F)F)nn2)cc1N. The molecule has 0 spiro atoms. The van der Waals surface area contributed by atoms with E-state index in [-0.39, 0.29) is 5.88 Å². The van der Waals surface area contributed by atoms with Crippen LogP contribution in [0.1, 0.15) is 5.69 Å². The van der Waals surface area contributed by atoms with Crippen molar-refractivity contribution in [2.45, 2.75) is 6.18 Å². The van der Waals surface area contributed by atoms with Crippen LogP contribution in [0.3, 0.4) is 0 Å². The van der Waals surface area contributed by atoms with Crippen LogP contribution in [-0.2, 0) is 6.18 Å². The number of aromatic nitrogens is 2. The average molecular weight is 285 g/mol. The van der Waals surface area contributed by atoms with E-state index in [9.17, 15) is 13.2 Å². The van der Waals surface area contributed by atoms with Crippen LogP contribution in [0, 0.1) is 0 Å². The fourth-order valence-corrected chi connectivity index (χ4v) is 1.42. The monoisotopic (exact) mass is 285 g/mol. The lowest BCUT2D eigenvalue weighted by Crippen LogP contribution is -2.08. The molecule has 0 aliphatic carbocycles. The molecule has 0 radical (unpaired) electrons. The molecule has 106 valence electrons. The summed E-state index contributed by atoms with van der Waals surface area (Å²) in [5.41, 5.74) is 4.93. The van der Waals surface area contributed by atoms with Gasteiger partial charge in [0.05, 0.1) is 12.8 Å². The molecule has 1 aromatic heterocycles. The van der Waals surface area contributed by atoms with E-state index in [0.717, 1.165) is 12.1 Å². The molecule has 2 aromatic rings. The Hall–Kier alpha value is -2.51. The fraction of sp³-hybridized carbons (Fsp3) is 0.167. The highest BCUT2D eigenvalue weighted by Gasteiger charge is 2.32. The summed E-state index contributed by atoms with van der Waals surface area (Å²) in [5.74, 6) is 0.718. The minimum Gasteiger partial charge on any atom is -0.495 e. The highest BCUT2D eigenvalue weighted by Crippen LogP contribution is 2.30. The zero-order valence-corrected chi connectivity index (χ0v) is 10.3. The van der Waals surface area contributed by atoms with Crippen molar-refractivity contribution in [1.82, 2.24) is 10.2 Å². The third-order valence-corrected chi connectivity index (χ3v) is 2.35. The summed E-state index contributed by atoms with van der Waals surface area (Å²) in [6.07, 6.45) is -4.53. The van der Waals surface area contributed by atoms with Crippen molar-refractivity contribution in [1.29, 1.82) is 0 Å². The largest absolute Gasteiger partial charge is 0.495 e. The van der Waals surface area contributed by atoms with Crippen molar-refractivity contribution < 1.29 is 22.6 Å². The third-order valence-electron chi connectivity index (χ3n) is 2.35. The Bertz CT molecular complexity index is 600. The van der Waals surface area contributed by atoms with E-state index in [0.29, 0.717) is 17.2 Å². The quantitative estimate of drug-likeness (QED) is 0.878. The van der Waals surface area contributed by atoms with Gasteiger partial charge in [-0.05, 0) is 18.2 Å². The molecule has 1 aromatic carbocycles. The van der Waals surface area contributed by atoms with Gasteiger partial charge in [-0.2, -0.15) is 13.2 Å². The van der Waals surface area contributed by atoms with Gasteiger partial charge in [-0.25, -0.2) is 0 Å². The second-order valence-corrected chi connectivity index (χ2v) is 3.76. The Morgan fingerprint density at radius 2 is 1.85 bits per heavy atom. The first-order valence-electron chi connectivity index (χ1n) is 5.42. The number of anilines is 1. The van der Waals surface area contributed by atoms with Crippen LogP contribution in [0.15, 0.2) is 30.3 Å². The van der Waals surface area contributed by atoms with Gasteiger partial charge in [0.15, 0.2) is 5.69 Å². The predicted molar refractivity (Wildman–Crippen MR) is 64.5 cm³/mol. The van der Waals surface area contributed by atoms with Gasteiger partial charge in [0, 0.05) is 12.1 Å². The van der Waals surface area contributed by atoms with E-state index >= 15 is 0 Å². The highest BCUT2D eigenvalue weighted by atomic mass is 19.4. The van der Waals surface area contributed by atoms with Crippen LogP contribution in [0.5, 0.6) is 17.4 Å². The summed E-state index contributed by atoms with van der Waals surface area (Å²) in [7, 11) is 1.47.